The van der Waals surface area contributed by atoms with Gasteiger partial charge in [-0.15, -0.1) is 0 Å². The normalized spacial score (nSPS) is 12.0. The summed E-state index contributed by atoms with van der Waals surface area (Å²) in [5.74, 6) is -0.234. The number of carbonyl (C=O) groups excluding carboxylic acids is 2. The molecule has 3 aromatic carbocycles. The van der Waals surface area contributed by atoms with Gasteiger partial charge in [-0.2, -0.15) is 0 Å². The van der Waals surface area contributed by atoms with Crippen LogP contribution in [0.4, 0.5) is 17.1 Å². The third kappa shape index (κ3) is 4.01. The van der Waals surface area contributed by atoms with Crippen molar-refractivity contribution < 1.29 is 24.5 Å². The Bertz CT molecular complexity index is 1180. The molecule has 0 spiro atoms. The molecule has 158 valence electrons. The number of anilines is 3. The van der Waals surface area contributed by atoms with Gasteiger partial charge in [0, 0.05) is 12.1 Å². The number of methoxy groups -OCH3 is 1. The summed E-state index contributed by atoms with van der Waals surface area (Å²) in [5, 5.41) is 27.4. The number of ether oxygens (including phenoxy) is 1. The van der Waals surface area contributed by atoms with Gasteiger partial charge in [0.1, 0.15) is 0 Å². The summed E-state index contributed by atoms with van der Waals surface area (Å²) >= 11 is 0. The van der Waals surface area contributed by atoms with Crippen molar-refractivity contribution in [2.75, 3.05) is 30.9 Å². The monoisotopic (exact) mass is 419 g/mol. The number of phenolic OH excluding ortho intramolecular Hbond substituents is 1. The Kier molecular flexibility index (Phi) is 5.46. The van der Waals surface area contributed by atoms with Crippen LogP contribution >= 0.6 is 0 Å². The van der Waals surface area contributed by atoms with Crippen LogP contribution < -0.4 is 20.7 Å². The van der Waals surface area contributed by atoms with Crippen LogP contribution in [0.2, 0.25) is 0 Å². The highest BCUT2D eigenvalue weighted by molar-refractivity contribution is 6.13. The Labute approximate surface area is 178 Å². The smallest absolute Gasteiger partial charge is 0.257 e. The molecule has 2 amide bonds. The number of carbonyl (C=O) groups is 2. The van der Waals surface area contributed by atoms with Gasteiger partial charge in [0.25, 0.3) is 11.8 Å². The number of nitrogens with one attached hydrogen (secondary N) is 3. The Morgan fingerprint density at radius 2 is 1.74 bits per heavy atom. The molecule has 0 saturated carbocycles. The molecule has 0 saturated heterocycles. The van der Waals surface area contributed by atoms with Crippen LogP contribution in [0.25, 0.3) is 11.1 Å². The summed E-state index contributed by atoms with van der Waals surface area (Å²) in [7, 11) is 1.48. The first kappa shape index (κ1) is 20.2. The zero-order valence-corrected chi connectivity index (χ0v) is 16.7. The van der Waals surface area contributed by atoms with Gasteiger partial charge in [-0.05, 0) is 53.6 Å². The molecule has 0 aromatic heterocycles. The van der Waals surface area contributed by atoms with Crippen LogP contribution in [0.15, 0.2) is 54.6 Å². The van der Waals surface area contributed by atoms with Crippen molar-refractivity contribution in [1.82, 2.24) is 5.32 Å². The number of hydrogen-bond donors (Lipinski definition) is 5. The summed E-state index contributed by atoms with van der Waals surface area (Å²) in [6.07, 6.45) is 0. The third-order valence-corrected chi connectivity index (χ3v) is 4.97. The van der Waals surface area contributed by atoms with E-state index in [-0.39, 0.29) is 30.7 Å². The summed E-state index contributed by atoms with van der Waals surface area (Å²) in [4.78, 5) is 24.9. The van der Waals surface area contributed by atoms with Crippen molar-refractivity contribution in [1.29, 1.82) is 0 Å². The number of aliphatic hydroxyl groups excluding tert-OH is 1. The number of hydrogen-bond acceptors (Lipinski definition) is 6. The average Bonchev–Trinajstić information content (AvgIpc) is 2.92. The maximum atomic E-state index is 12.8. The average molecular weight is 419 g/mol. The quantitative estimate of drug-likeness (QED) is 0.434. The molecule has 3 aromatic rings. The molecule has 0 fully saturated rings. The van der Waals surface area contributed by atoms with Crippen LogP contribution in [0.5, 0.6) is 11.5 Å². The molecular weight excluding hydrogens is 398 g/mol. The van der Waals surface area contributed by atoms with E-state index in [1.54, 1.807) is 42.5 Å². The van der Waals surface area contributed by atoms with E-state index in [1.807, 2.05) is 12.1 Å². The minimum atomic E-state index is -0.337. The second-order valence-electron chi connectivity index (χ2n) is 6.97. The predicted octanol–water partition coefficient (Wildman–Crippen LogP) is 3.10. The van der Waals surface area contributed by atoms with Crippen molar-refractivity contribution in [3.8, 4) is 22.6 Å². The van der Waals surface area contributed by atoms with E-state index in [4.69, 9.17) is 9.84 Å². The molecule has 0 unspecified atom stereocenters. The molecule has 1 heterocycles. The topological polar surface area (TPSA) is 120 Å². The summed E-state index contributed by atoms with van der Waals surface area (Å²) < 4.78 is 5.18. The number of aromatic hydroxyl groups is 1. The number of phenols is 1. The van der Waals surface area contributed by atoms with Gasteiger partial charge in [0.2, 0.25) is 0 Å². The van der Waals surface area contributed by atoms with E-state index >= 15 is 0 Å². The van der Waals surface area contributed by atoms with Gasteiger partial charge in [0.05, 0.1) is 36.3 Å². The number of rotatable bonds is 5. The van der Waals surface area contributed by atoms with Crippen LogP contribution in [0, 0.1) is 0 Å². The summed E-state index contributed by atoms with van der Waals surface area (Å²) in [5.41, 5.74) is 4.21. The van der Waals surface area contributed by atoms with Crippen molar-refractivity contribution in [2.24, 2.45) is 0 Å². The van der Waals surface area contributed by atoms with E-state index in [0.29, 0.717) is 33.9 Å². The highest BCUT2D eigenvalue weighted by atomic mass is 16.5. The summed E-state index contributed by atoms with van der Waals surface area (Å²) in [6, 6.07) is 15.4. The third-order valence-electron chi connectivity index (χ3n) is 4.97. The lowest BCUT2D eigenvalue weighted by Gasteiger charge is -2.12. The minimum Gasteiger partial charge on any atom is -0.504 e. The van der Waals surface area contributed by atoms with Gasteiger partial charge in [0.15, 0.2) is 11.5 Å². The molecule has 5 N–H and O–H groups in total. The molecule has 1 aliphatic heterocycles. The SMILES string of the molecule is COc1cc(-c2ccc3c(c2)Nc2ccc(C(=O)NCCO)cc2NC3=O)ccc1O. The highest BCUT2D eigenvalue weighted by Gasteiger charge is 2.21. The van der Waals surface area contributed by atoms with E-state index in [1.165, 1.54) is 7.11 Å². The molecule has 0 aliphatic carbocycles. The van der Waals surface area contributed by atoms with E-state index in [0.717, 1.165) is 11.1 Å². The first-order valence-corrected chi connectivity index (χ1v) is 9.63. The number of fused-ring (bicyclic) bond motifs is 2. The molecule has 0 atom stereocenters. The lowest BCUT2D eigenvalue weighted by atomic mass is 10.0. The van der Waals surface area contributed by atoms with Crippen LogP contribution in [0.3, 0.4) is 0 Å². The van der Waals surface area contributed by atoms with Gasteiger partial charge >= 0.3 is 0 Å². The Morgan fingerprint density at radius 3 is 2.52 bits per heavy atom. The van der Waals surface area contributed by atoms with Gasteiger partial charge in [-0.25, -0.2) is 0 Å². The van der Waals surface area contributed by atoms with E-state index in [2.05, 4.69) is 16.0 Å². The summed E-state index contributed by atoms with van der Waals surface area (Å²) in [6.45, 7) is -0.00366. The largest absolute Gasteiger partial charge is 0.504 e. The minimum absolute atomic E-state index is 0.0475. The first-order chi connectivity index (χ1) is 15.0. The Morgan fingerprint density at radius 1 is 0.968 bits per heavy atom. The maximum absolute atomic E-state index is 12.8. The van der Waals surface area contributed by atoms with E-state index < -0.39 is 0 Å². The second-order valence-corrected chi connectivity index (χ2v) is 6.97. The second kappa shape index (κ2) is 8.37. The molecule has 0 bridgehead atoms. The van der Waals surface area contributed by atoms with Crippen LogP contribution in [0.1, 0.15) is 20.7 Å². The number of benzene rings is 3. The zero-order chi connectivity index (χ0) is 22.0. The maximum Gasteiger partial charge on any atom is 0.257 e. The molecule has 31 heavy (non-hydrogen) atoms. The highest BCUT2D eigenvalue weighted by Crippen LogP contribution is 2.37. The van der Waals surface area contributed by atoms with Gasteiger partial charge < -0.3 is 30.9 Å². The number of aliphatic hydroxyl groups is 1. The molecule has 1 aliphatic rings. The lowest BCUT2D eigenvalue weighted by molar-refractivity contribution is 0.0943. The fourth-order valence-electron chi connectivity index (χ4n) is 3.39. The van der Waals surface area contributed by atoms with Crippen LogP contribution in [-0.2, 0) is 0 Å². The molecule has 4 rings (SSSR count). The molecule has 8 heteroatoms. The first-order valence-electron chi connectivity index (χ1n) is 9.63. The fraction of sp³-hybridized carbons (Fsp3) is 0.130. The Hall–Kier alpha value is -4.04. The van der Waals surface area contributed by atoms with Crippen molar-refractivity contribution in [2.45, 2.75) is 0 Å². The van der Waals surface area contributed by atoms with Gasteiger partial charge in [-0.3, -0.25) is 9.59 Å². The number of amides is 2. The van der Waals surface area contributed by atoms with Crippen molar-refractivity contribution >= 4 is 28.9 Å². The lowest BCUT2D eigenvalue weighted by Crippen LogP contribution is -2.26. The molecule has 8 nitrogen and oxygen atoms in total. The molecular formula is C23H21N3O5. The zero-order valence-electron chi connectivity index (χ0n) is 16.7. The fourth-order valence-corrected chi connectivity index (χ4v) is 3.39. The van der Waals surface area contributed by atoms with Gasteiger partial charge in [-0.1, -0.05) is 12.1 Å². The van der Waals surface area contributed by atoms with Crippen molar-refractivity contribution in [3.05, 3.63) is 65.7 Å². The van der Waals surface area contributed by atoms with Crippen molar-refractivity contribution in [3.63, 3.8) is 0 Å². The molecule has 0 radical (unpaired) electrons. The van der Waals surface area contributed by atoms with E-state index in [9.17, 15) is 14.7 Å². The Balaban J connectivity index is 1.68. The predicted molar refractivity (Wildman–Crippen MR) is 117 cm³/mol. The van der Waals surface area contributed by atoms with Crippen LogP contribution in [-0.4, -0.2) is 42.3 Å². The standard InChI is InChI=1S/C23H21N3O5/c1-31-21-12-14(4-7-20(21)28)13-2-5-16-18(10-13)25-17-6-3-15(22(29)24-8-9-27)11-19(17)26-23(16)30/h2-7,10-12,25,27-28H,8-9H2,1H3,(H,24,29)(H,26,30).